The summed E-state index contributed by atoms with van der Waals surface area (Å²) in [6.07, 6.45) is 3.55. The lowest BCUT2D eigenvalue weighted by atomic mass is 10.1. The second-order valence-electron chi connectivity index (χ2n) is 4.90. The van der Waals surface area contributed by atoms with Crippen molar-refractivity contribution < 1.29 is 9.90 Å². The zero-order valence-electron chi connectivity index (χ0n) is 10.7. The molecule has 19 heavy (non-hydrogen) atoms. The molecule has 1 aliphatic rings. The number of anilines is 1. The van der Waals surface area contributed by atoms with Crippen molar-refractivity contribution in [1.82, 2.24) is 4.98 Å². The molecule has 0 unspecified atom stereocenters. The van der Waals surface area contributed by atoms with Crippen LogP contribution >= 0.6 is 0 Å². The van der Waals surface area contributed by atoms with E-state index in [2.05, 4.69) is 9.88 Å². The van der Waals surface area contributed by atoms with Gasteiger partial charge in [0.1, 0.15) is 5.82 Å². The largest absolute Gasteiger partial charge is 0.476 e. The molecule has 3 rings (SSSR count). The molecule has 2 aromatic rings. The van der Waals surface area contributed by atoms with E-state index in [0.29, 0.717) is 5.39 Å². The van der Waals surface area contributed by atoms with E-state index in [9.17, 15) is 9.90 Å². The number of piperidine rings is 1. The lowest BCUT2D eigenvalue weighted by molar-refractivity contribution is 0.0693. The van der Waals surface area contributed by atoms with Gasteiger partial charge in [0.05, 0.1) is 0 Å². The predicted molar refractivity (Wildman–Crippen MR) is 74.8 cm³/mol. The molecular weight excluding hydrogens is 240 g/mol. The number of aromatic nitrogens is 1. The maximum Gasteiger partial charge on any atom is 0.355 e. The van der Waals surface area contributed by atoms with Gasteiger partial charge < -0.3 is 10.0 Å². The van der Waals surface area contributed by atoms with Gasteiger partial charge in [-0.25, -0.2) is 9.78 Å². The Kier molecular flexibility index (Phi) is 3.07. The van der Waals surface area contributed by atoms with E-state index in [-0.39, 0.29) is 5.69 Å². The van der Waals surface area contributed by atoms with E-state index in [1.165, 1.54) is 6.42 Å². The van der Waals surface area contributed by atoms with Gasteiger partial charge in [0, 0.05) is 18.5 Å². The molecule has 0 saturated carbocycles. The summed E-state index contributed by atoms with van der Waals surface area (Å²) in [5, 5.41) is 11.0. The molecule has 1 aromatic carbocycles. The lowest BCUT2D eigenvalue weighted by Gasteiger charge is -2.28. The molecule has 2 heterocycles. The molecule has 4 nitrogen and oxygen atoms in total. The van der Waals surface area contributed by atoms with Gasteiger partial charge in [-0.15, -0.1) is 0 Å². The molecule has 0 radical (unpaired) electrons. The first kappa shape index (κ1) is 12.0. The Morgan fingerprint density at radius 2 is 1.89 bits per heavy atom. The van der Waals surface area contributed by atoms with Crippen molar-refractivity contribution in [3.05, 3.63) is 36.0 Å². The maximum absolute atomic E-state index is 11.4. The van der Waals surface area contributed by atoms with E-state index in [4.69, 9.17) is 0 Å². The molecule has 1 N–H and O–H groups in total. The van der Waals surface area contributed by atoms with Gasteiger partial charge in [-0.1, -0.05) is 24.3 Å². The van der Waals surface area contributed by atoms with Crippen LogP contribution in [0, 0.1) is 0 Å². The molecule has 1 aromatic heterocycles. The van der Waals surface area contributed by atoms with Gasteiger partial charge >= 0.3 is 5.97 Å². The smallest absolute Gasteiger partial charge is 0.355 e. The topological polar surface area (TPSA) is 53.4 Å². The van der Waals surface area contributed by atoms with Crippen LogP contribution in [0.15, 0.2) is 30.3 Å². The highest BCUT2D eigenvalue weighted by Gasteiger charge is 2.17. The van der Waals surface area contributed by atoms with Crippen LogP contribution in [0.2, 0.25) is 0 Å². The summed E-state index contributed by atoms with van der Waals surface area (Å²) in [5.74, 6) is -0.175. The van der Waals surface area contributed by atoms with E-state index in [1.54, 1.807) is 0 Å². The Bertz CT molecular complexity index is 619. The van der Waals surface area contributed by atoms with Crippen LogP contribution in [0.1, 0.15) is 29.8 Å². The molecular formula is C15H16N2O2. The third-order valence-electron chi connectivity index (χ3n) is 3.61. The summed E-state index contributed by atoms with van der Waals surface area (Å²) >= 11 is 0. The van der Waals surface area contributed by atoms with Crippen molar-refractivity contribution in [2.75, 3.05) is 18.0 Å². The number of fused-ring (bicyclic) bond motifs is 1. The zero-order chi connectivity index (χ0) is 13.2. The van der Waals surface area contributed by atoms with Gasteiger partial charge in [-0.05, 0) is 30.7 Å². The molecule has 1 saturated heterocycles. The highest BCUT2D eigenvalue weighted by molar-refractivity contribution is 6.02. The highest BCUT2D eigenvalue weighted by atomic mass is 16.4. The van der Waals surface area contributed by atoms with Crippen LogP contribution in [0.4, 0.5) is 5.82 Å². The summed E-state index contributed by atoms with van der Waals surface area (Å²) in [6, 6.07) is 9.51. The number of nitrogens with zero attached hydrogens (tertiary/aromatic N) is 2. The second-order valence-corrected chi connectivity index (χ2v) is 4.90. The van der Waals surface area contributed by atoms with Crippen molar-refractivity contribution in [3.8, 4) is 0 Å². The minimum atomic E-state index is -0.963. The molecule has 0 bridgehead atoms. The van der Waals surface area contributed by atoms with Crippen LogP contribution in [0.25, 0.3) is 10.8 Å². The molecule has 0 aliphatic carbocycles. The Morgan fingerprint density at radius 1 is 1.16 bits per heavy atom. The summed E-state index contributed by atoms with van der Waals surface area (Å²) in [7, 11) is 0. The van der Waals surface area contributed by atoms with Crippen molar-refractivity contribution >= 4 is 22.6 Å². The maximum atomic E-state index is 11.4. The fourth-order valence-electron chi connectivity index (χ4n) is 2.63. The molecule has 1 aliphatic heterocycles. The van der Waals surface area contributed by atoms with Crippen molar-refractivity contribution in [1.29, 1.82) is 0 Å². The average molecular weight is 256 g/mol. The van der Waals surface area contributed by atoms with Crippen molar-refractivity contribution in [2.24, 2.45) is 0 Å². The van der Waals surface area contributed by atoms with Crippen LogP contribution in [-0.4, -0.2) is 29.1 Å². The molecule has 0 atom stereocenters. The van der Waals surface area contributed by atoms with Crippen LogP contribution in [-0.2, 0) is 0 Å². The first-order valence-corrected chi connectivity index (χ1v) is 6.64. The van der Waals surface area contributed by atoms with Gasteiger partial charge in [0.25, 0.3) is 0 Å². The highest BCUT2D eigenvalue weighted by Crippen LogP contribution is 2.25. The van der Waals surface area contributed by atoms with Gasteiger partial charge in [-0.3, -0.25) is 0 Å². The van der Waals surface area contributed by atoms with Gasteiger partial charge in [0.2, 0.25) is 0 Å². The number of benzene rings is 1. The zero-order valence-corrected chi connectivity index (χ0v) is 10.7. The number of carbonyl (C=O) groups is 1. The molecule has 98 valence electrons. The number of hydrogen-bond acceptors (Lipinski definition) is 3. The minimum Gasteiger partial charge on any atom is -0.476 e. The van der Waals surface area contributed by atoms with Crippen molar-refractivity contribution in [3.63, 3.8) is 0 Å². The first-order valence-electron chi connectivity index (χ1n) is 6.64. The molecule has 1 fully saturated rings. The van der Waals surface area contributed by atoms with Crippen LogP contribution < -0.4 is 4.90 Å². The predicted octanol–water partition coefficient (Wildman–Crippen LogP) is 2.92. The molecule has 4 heteroatoms. The monoisotopic (exact) mass is 256 g/mol. The van der Waals surface area contributed by atoms with E-state index in [1.807, 2.05) is 30.3 Å². The molecule has 0 spiro atoms. The molecule has 0 amide bonds. The number of hydrogen-bond donors (Lipinski definition) is 1. The van der Waals surface area contributed by atoms with Gasteiger partial charge in [-0.2, -0.15) is 0 Å². The van der Waals surface area contributed by atoms with Crippen LogP contribution in [0.3, 0.4) is 0 Å². The van der Waals surface area contributed by atoms with E-state index < -0.39 is 5.97 Å². The number of aromatic carboxylic acids is 1. The number of rotatable bonds is 2. The quantitative estimate of drug-likeness (QED) is 0.897. The first-order chi connectivity index (χ1) is 9.25. The number of carboxylic acid groups (broad SMARTS) is 1. The fraction of sp³-hybridized carbons (Fsp3) is 0.333. The fourth-order valence-corrected chi connectivity index (χ4v) is 2.63. The summed E-state index contributed by atoms with van der Waals surface area (Å²) in [6.45, 7) is 1.93. The van der Waals surface area contributed by atoms with Crippen molar-refractivity contribution in [2.45, 2.75) is 19.3 Å². The average Bonchev–Trinajstić information content (AvgIpc) is 2.47. The normalized spacial score (nSPS) is 15.7. The Labute approximate surface area is 111 Å². The third-order valence-corrected chi connectivity index (χ3v) is 3.61. The lowest BCUT2D eigenvalue weighted by Crippen LogP contribution is -2.30. The second kappa shape index (κ2) is 4.88. The minimum absolute atomic E-state index is 0.152. The summed E-state index contributed by atoms with van der Waals surface area (Å²) < 4.78 is 0. The Morgan fingerprint density at radius 3 is 2.63 bits per heavy atom. The Balaban J connectivity index is 2.12. The summed E-state index contributed by atoms with van der Waals surface area (Å²) in [4.78, 5) is 17.9. The SMILES string of the molecule is O=C(O)c1nc(N2CCCCC2)cc2ccccc12. The third kappa shape index (κ3) is 2.26. The number of carboxylic acids is 1. The van der Waals surface area contributed by atoms with E-state index >= 15 is 0 Å². The van der Waals surface area contributed by atoms with Gasteiger partial charge in [0.15, 0.2) is 5.69 Å². The summed E-state index contributed by atoms with van der Waals surface area (Å²) in [5.41, 5.74) is 0.152. The van der Waals surface area contributed by atoms with E-state index in [0.717, 1.165) is 37.1 Å². The van der Waals surface area contributed by atoms with Crippen LogP contribution in [0.5, 0.6) is 0 Å². The standard InChI is InChI=1S/C15H16N2O2/c18-15(19)14-12-7-3-2-6-11(12)10-13(16-14)17-8-4-1-5-9-17/h2-3,6-7,10H,1,4-5,8-9H2,(H,18,19). The number of pyridine rings is 1. The Hall–Kier alpha value is -2.10.